The number of para-hydroxylation sites is 1. The van der Waals surface area contributed by atoms with Crippen molar-refractivity contribution >= 4 is 46.5 Å². The number of aromatic amines is 1. The van der Waals surface area contributed by atoms with Gasteiger partial charge in [0, 0.05) is 23.5 Å². The maximum Gasteiger partial charge on any atom is 0.326 e. The van der Waals surface area contributed by atoms with E-state index in [0.717, 1.165) is 10.9 Å². The summed E-state index contributed by atoms with van der Waals surface area (Å²) < 4.78 is 0. The number of benzene rings is 1. The highest BCUT2D eigenvalue weighted by molar-refractivity contribution is 5.97. The molecule has 2 rings (SSSR count). The third-order valence-electron chi connectivity index (χ3n) is 6.28. The van der Waals surface area contributed by atoms with Gasteiger partial charge < -0.3 is 42.6 Å². The van der Waals surface area contributed by atoms with Gasteiger partial charge in [0.25, 0.3) is 0 Å². The van der Waals surface area contributed by atoms with E-state index in [1.807, 2.05) is 18.2 Å². The normalized spacial score (nSPS) is 14.8. The zero-order valence-electron chi connectivity index (χ0n) is 21.6. The number of aliphatic carboxylic acids is 2. The number of carbonyl (C=O) groups is 6. The number of rotatable bonds is 15. The van der Waals surface area contributed by atoms with Crippen molar-refractivity contribution in [2.45, 2.75) is 63.7 Å². The van der Waals surface area contributed by atoms with Crippen LogP contribution in [0.4, 0.5) is 0 Å². The van der Waals surface area contributed by atoms with Crippen molar-refractivity contribution in [1.82, 2.24) is 20.9 Å². The van der Waals surface area contributed by atoms with Crippen LogP contribution in [0.25, 0.3) is 10.9 Å². The second-order valence-electron chi connectivity index (χ2n) is 9.27. The number of hydrogen-bond donors (Lipinski definition) is 8. The van der Waals surface area contributed by atoms with Gasteiger partial charge in [0.1, 0.15) is 18.1 Å². The first-order chi connectivity index (χ1) is 18.3. The lowest BCUT2D eigenvalue weighted by Crippen LogP contribution is -2.59. The number of carboxylic acid groups (broad SMARTS) is 2. The van der Waals surface area contributed by atoms with Crippen LogP contribution >= 0.6 is 0 Å². The van der Waals surface area contributed by atoms with E-state index < -0.39 is 78.5 Å². The van der Waals surface area contributed by atoms with E-state index in [9.17, 15) is 33.9 Å². The van der Waals surface area contributed by atoms with Gasteiger partial charge in [-0.1, -0.05) is 38.5 Å². The summed E-state index contributed by atoms with van der Waals surface area (Å²) in [6.45, 7) is 3.41. The number of carbonyl (C=O) groups excluding carboxylic acids is 4. The molecule has 2 aromatic rings. The molecule has 5 unspecified atom stereocenters. The summed E-state index contributed by atoms with van der Waals surface area (Å²) in [5, 5.41) is 26.5. The van der Waals surface area contributed by atoms with E-state index in [2.05, 4.69) is 20.9 Å². The highest BCUT2D eigenvalue weighted by Crippen LogP contribution is 2.19. The first-order valence-corrected chi connectivity index (χ1v) is 12.3. The zero-order chi connectivity index (χ0) is 29.3. The number of amides is 4. The quantitative estimate of drug-likeness (QED) is 0.136. The maximum atomic E-state index is 13.2. The Morgan fingerprint density at radius 3 is 2.15 bits per heavy atom. The van der Waals surface area contributed by atoms with Crippen molar-refractivity contribution < 1.29 is 39.0 Å². The average molecular weight is 547 g/mol. The molecular weight excluding hydrogens is 512 g/mol. The summed E-state index contributed by atoms with van der Waals surface area (Å²) >= 11 is 0. The van der Waals surface area contributed by atoms with Gasteiger partial charge in [0.15, 0.2) is 0 Å². The molecule has 14 heteroatoms. The van der Waals surface area contributed by atoms with Crippen LogP contribution in [-0.2, 0) is 35.2 Å². The lowest BCUT2D eigenvalue weighted by Gasteiger charge is -2.27. The number of fused-ring (bicyclic) bond motifs is 1. The van der Waals surface area contributed by atoms with Gasteiger partial charge in [0.05, 0.1) is 18.9 Å². The fourth-order valence-corrected chi connectivity index (χ4v) is 3.91. The Kier molecular flexibility index (Phi) is 11.0. The summed E-state index contributed by atoms with van der Waals surface area (Å²) in [7, 11) is 0. The molecule has 4 amide bonds. The van der Waals surface area contributed by atoms with Crippen LogP contribution in [0.3, 0.4) is 0 Å². The zero-order valence-corrected chi connectivity index (χ0v) is 21.6. The van der Waals surface area contributed by atoms with E-state index in [-0.39, 0.29) is 6.42 Å². The van der Waals surface area contributed by atoms with Crippen LogP contribution in [0, 0.1) is 5.92 Å². The molecule has 0 saturated carbocycles. The number of nitrogens with one attached hydrogen (secondary N) is 4. The molecule has 39 heavy (non-hydrogen) atoms. The maximum absolute atomic E-state index is 13.2. The van der Waals surface area contributed by atoms with Crippen molar-refractivity contribution in [3.8, 4) is 0 Å². The molecular formula is C25H34N6O8. The monoisotopic (exact) mass is 546 g/mol. The highest BCUT2D eigenvalue weighted by atomic mass is 16.4. The third kappa shape index (κ3) is 8.81. The minimum absolute atomic E-state index is 0.0336. The van der Waals surface area contributed by atoms with Gasteiger partial charge >= 0.3 is 11.9 Å². The number of hydrogen-bond acceptors (Lipinski definition) is 7. The molecule has 0 fully saturated rings. The molecule has 0 bridgehead atoms. The smallest absolute Gasteiger partial charge is 0.326 e. The molecule has 10 N–H and O–H groups in total. The Bertz CT molecular complexity index is 1230. The Morgan fingerprint density at radius 1 is 0.923 bits per heavy atom. The number of aromatic nitrogens is 1. The molecule has 0 aliphatic carbocycles. The van der Waals surface area contributed by atoms with Crippen LogP contribution in [-0.4, -0.2) is 74.9 Å². The molecule has 14 nitrogen and oxygen atoms in total. The number of primary amides is 1. The fourth-order valence-electron chi connectivity index (χ4n) is 3.91. The predicted molar refractivity (Wildman–Crippen MR) is 139 cm³/mol. The minimum Gasteiger partial charge on any atom is -0.481 e. The van der Waals surface area contributed by atoms with E-state index in [4.69, 9.17) is 16.6 Å². The summed E-state index contributed by atoms with van der Waals surface area (Å²) in [6, 6.07) is 1.68. The van der Waals surface area contributed by atoms with Crippen molar-refractivity contribution in [2.75, 3.05) is 0 Å². The van der Waals surface area contributed by atoms with Gasteiger partial charge in [-0.3, -0.25) is 24.0 Å². The molecule has 0 saturated heterocycles. The second-order valence-corrected chi connectivity index (χ2v) is 9.27. The molecule has 5 atom stereocenters. The van der Waals surface area contributed by atoms with Gasteiger partial charge in [-0.15, -0.1) is 0 Å². The molecule has 1 aromatic heterocycles. The Morgan fingerprint density at radius 2 is 1.56 bits per heavy atom. The van der Waals surface area contributed by atoms with Crippen molar-refractivity contribution in [3.63, 3.8) is 0 Å². The topological polar surface area (TPSA) is 247 Å². The Labute approximate surface area is 223 Å². The van der Waals surface area contributed by atoms with Crippen LogP contribution in [0.15, 0.2) is 30.5 Å². The standard InChI is InChI=1S/C25H34N6O8/c1-3-12(2)21(31-23(36)17(10-19(27)32)29-22(35)15(26)9-20(33)34)24(37)30-18(25(38)39)8-13-11-28-16-7-5-4-6-14(13)16/h4-7,11-12,15,17-18,21,28H,3,8-10,26H2,1-2H3,(H2,27,32)(H,29,35)(H,30,37)(H,31,36)(H,33,34)(H,38,39). The third-order valence-corrected chi connectivity index (χ3v) is 6.28. The molecule has 0 spiro atoms. The summed E-state index contributed by atoms with van der Waals surface area (Å²) in [5.41, 5.74) is 12.2. The van der Waals surface area contributed by atoms with Crippen LogP contribution < -0.4 is 27.4 Å². The van der Waals surface area contributed by atoms with Crippen LogP contribution in [0.2, 0.25) is 0 Å². The molecule has 1 aromatic carbocycles. The van der Waals surface area contributed by atoms with E-state index in [1.54, 1.807) is 26.1 Å². The summed E-state index contributed by atoms with van der Waals surface area (Å²) in [4.78, 5) is 75.9. The second kappa shape index (κ2) is 13.9. The summed E-state index contributed by atoms with van der Waals surface area (Å²) in [6.07, 6.45) is 0.669. The lowest BCUT2D eigenvalue weighted by atomic mass is 9.96. The lowest BCUT2D eigenvalue weighted by molar-refractivity contribution is -0.142. The molecule has 0 radical (unpaired) electrons. The minimum atomic E-state index is -1.55. The fraction of sp³-hybridized carbons (Fsp3) is 0.440. The van der Waals surface area contributed by atoms with Crippen LogP contribution in [0.1, 0.15) is 38.7 Å². The first kappa shape index (κ1) is 30.8. The largest absolute Gasteiger partial charge is 0.481 e. The van der Waals surface area contributed by atoms with E-state index >= 15 is 0 Å². The predicted octanol–water partition coefficient (Wildman–Crippen LogP) is -1.03. The van der Waals surface area contributed by atoms with E-state index in [0.29, 0.717) is 12.0 Å². The first-order valence-electron chi connectivity index (χ1n) is 12.3. The molecule has 0 aliphatic rings. The number of nitrogens with two attached hydrogens (primary N) is 2. The number of carboxylic acids is 2. The molecule has 212 valence electrons. The van der Waals surface area contributed by atoms with Crippen molar-refractivity contribution in [1.29, 1.82) is 0 Å². The van der Waals surface area contributed by atoms with Gasteiger partial charge in [-0.05, 0) is 17.5 Å². The average Bonchev–Trinajstić information content (AvgIpc) is 3.27. The molecule has 0 aliphatic heterocycles. The van der Waals surface area contributed by atoms with Crippen molar-refractivity contribution in [3.05, 3.63) is 36.0 Å². The van der Waals surface area contributed by atoms with Crippen LogP contribution in [0.5, 0.6) is 0 Å². The SMILES string of the molecule is CCC(C)C(NC(=O)C(CC(N)=O)NC(=O)C(N)CC(=O)O)C(=O)NC(Cc1c[nH]c2ccccc12)C(=O)O. The number of H-pyrrole nitrogens is 1. The Balaban J connectivity index is 2.20. The van der Waals surface area contributed by atoms with Gasteiger partial charge in [0.2, 0.25) is 23.6 Å². The summed E-state index contributed by atoms with van der Waals surface area (Å²) in [5.74, 6) is -6.79. The highest BCUT2D eigenvalue weighted by Gasteiger charge is 2.33. The van der Waals surface area contributed by atoms with Gasteiger partial charge in [-0.2, -0.15) is 0 Å². The van der Waals surface area contributed by atoms with E-state index in [1.165, 1.54) is 0 Å². The Hall–Kier alpha value is -4.46. The van der Waals surface area contributed by atoms with Gasteiger partial charge in [-0.25, -0.2) is 4.79 Å². The molecule has 1 heterocycles. The van der Waals surface area contributed by atoms with Crippen molar-refractivity contribution in [2.24, 2.45) is 17.4 Å².